The van der Waals surface area contributed by atoms with E-state index in [0.29, 0.717) is 6.04 Å². The van der Waals surface area contributed by atoms with Crippen LogP contribution in [0.15, 0.2) is 24.3 Å². The third kappa shape index (κ3) is 4.10. The Morgan fingerprint density at radius 3 is 2.88 bits per heavy atom. The fourth-order valence-corrected chi connectivity index (χ4v) is 1.86. The van der Waals surface area contributed by atoms with Crippen molar-refractivity contribution in [3.05, 3.63) is 35.6 Å². The first-order chi connectivity index (χ1) is 8.15. The van der Waals surface area contributed by atoms with E-state index < -0.39 is 0 Å². The van der Waals surface area contributed by atoms with Gasteiger partial charge in [-0.1, -0.05) is 12.1 Å². The molecule has 0 spiro atoms. The molecule has 1 aromatic carbocycles. The molecular weight excluding hydrogens is 215 g/mol. The average molecular weight is 236 g/mol. The largest absolute Gasteiger partial charge is 0.312 e. The molecule has 1 aromatic rings. The monoisotopic (exact) mass is 236 g/mol. The second-order valence-electron chi connectivity index (χ2n) is 5.08. The summed E-state index contributed by atoms with van der Waals surface area (Å²) < 4.78 is 13.0. The standard InChI is InChI=1S/C14H21FN2/c1-11(9-16-14-6-7-14)17(2)10-12-4-3-5-13(15)8-12/h3-5,8,11,14,16H,6-7,9-10H2,1-2H3. The van der Waals surface area contributed by atoms with E-state index >= 15 is 0 Å². The number of hydrogen-bond acceptors (Lipinski definition) is 2. The molecule has 0 saturated heterocycles. The minimum atomic E-state index is -0.153. The van der Waals surface area contributed by atoms with Crippen LogP contribution in [-0.2, 0) is 6.54 Å². The van der Waals surface area contributed by atoms with E-state index in [1.807, 2.05) is 6.07 Å². The lowest BCUT2D eigenvalue weighted by molar-refractivity contribution is 0.242. The van der Waals surface area contributed by atoms with Gasteiger partial charge in [0.25, 0.3) is 0 Å². The fraction of sp³-hybridized carbons (Fsp3) is 0.571. The Morgan fingerprint density at radius 1 is 1.47 bits per heavy atom. The van der Waals surface area contributed by atoms with Crippen molar-refractivity contribution in [2.24, 2.45) is 0 Å². The van der Waals surface area contributed by atoms with Crippen LogP contribution in [0.25, 0.3) is 0 Å². The highest BCUT2D eigenvalue weighted by Gasteiger charge is 2.21. The number of hydrogen-bond donors (Lipinski definition) is 1. The molecule has 0 aromatic heterocycles. The minimum absolute atomic E-state index is 0.153. The minimum Gasteiger partial charge on any atom is -0.312 e. The van der Waals surface area contributed by atoms with Gasteiger partial charge in [-0.3, -0.25) is 4.90 Å². The first-order valence-electron chi connectivity index (χ1n) is 6.33. The van der Waals surface area contributed by atoms with Gasteiger partial charge in [-0.15, -0.1) is 0 Å². The van der Waals surface area contributed by atoms with Gasteiger partial charge in [-0.05, 0) is 44.5 Å². The summed E-state index contributed by atoms with van der Waals surface area (Å²) in [5, 5.41) is 3.52. The zero-order chi connectivity index (χ0) is 12.3. The normalized spacial score (nSPS) is 17.4. The topological polar surface area (TPSA) is 15.3 Å². The van der Waals surface area contributed by atoms with Crippen molar-refractivity contribution < 1.29 is 4.39 Å². The molecule has 1 fully saturated rings. The third-order valence-electron chi connectivity index (χ3n) is 3.35. The second kappa shape index (κ2) is 5.61. The van der Waals surface area contributed by atoms with Gasteiger partial charge in [-0.25, -0.2) is 4.39 Å². The zero-order valence-corrected chi connectivity index (χ0v) is 10.6. The molecule has 0 amide bonds. The maximum absolute atomic E-state index is 13.0. The Bertz CT molecular complexity index is 363. The van der Waals surface area contributed by atoms with Crippen LogP contribution in [0.2, 0.25) is 0 Å². The molecule has 1 atom stereocenters. The van der Waals surface area contributed by atoms with E-state index in [2.05, 4.69) is 24.2 Å². The van der Waals surface area contributed by atoms with Crippen LogP contribution < -0.4 is 5.32 Å². The van der Waals surface area contributed by atoms with Crippen LogP contribution in [-0.4, -0.2) is 30.6 Å². The number of halogens is 1. The van der Waals surface area contributed by atoms with E-state index in [1.165, 1.54) is 18.9 Å². The van der Waals surface area contributed by atoms with Gasteiger partial charge >= 0.3 is 0 Å². The van der Waals surface area contributed by atoms with Crippen LogP contribution in [0.3, 0.4) is 0 Å². The van der Waals surface area contributed by atoms with Gasteiger partial charge in [0.15, 0.2) is 0 Å². The highest BCUT2D eigenvalue weighted by Crippen LogP contribution is 2.18. The maximum atomic E-state index is 13.0. The lowest BCUT2D eigenvalue weighted by atomic mass is 10.2. The molecule has 1 unspecified atom stereocenters. The molecule has 0 radical (unpaired) electrons. The molecule has 2 rings (SSSR count). The molecule has 1 saturated carbocycles. The van der Waals surface area contributed by atoms with E-state index in [4.69, 9.17) is 0 Å². The Morgan fingerprint density at radius 2 is 2.24 bits per heavy atom. The molecule has 2 nitrogen and oxygen atoms in total. The van der Waals surface area contributed by atoms with Crippen molar-refractivity contribution in [2.45, 2.75) is 38.4 Å². The van der Waals surface area contributed by atoms with Gasteiger partial charge in [0.1, 0.15) is 5.82 Å². The molecular formula is C14H21FN2. The van der Waals surface area contributed by atoms with Crippen LogP contribution >= 0.6 is 0 Å². The summed E-state index contributed by atoms with van der Waals surface area (Å²) in [6.07, 6.45) is 2.64. The van der Waals surface area contributed by atoms with E-state index in [0.717, 1.165) is 24.7 Å². The SMILES string of the molecule is CC(CNC1CC1)N(C)Cc1cccc(F)c1. The van der Waals surface area contributed by atoms with Crippen LogP contribution in [0.1, 0.15) is 25.3 Å². The summed E-state index contributed by atoms with van der Waals surface area (Å²) in [7, 11) is 2.09. The summed E-state index contributed by atoms with van der Waals surface area (Å²) in [4.78, 5) is 2.25. The van der Waals surface area contributed by atoms with Crippen molar-refractivity contribution in [3.8, 4) is 0 Å². The Kier molecular flexibility index (Phi) is 4.13. The predicted octanol–water partition coefficient (Wildman–Crippen LogP) is 2.40. The van der Waals surface area contributed by atoms with Crippen molar-refractivity contribution in [1.29, 1.82) is 0 Å². The number of nitrogens with zero attached hydrogens (tertiary/aromatic N) is 1. The Labute approximate surface area is 103 Å². The molecule has 1 N–H and O–H groups in total. The second-order valence-corrected chi connectivity index (χ2v) is 5.08. The van der Waals surface area contributed by atoms with Crippen molar-refractivity contribution >= 4 is 0 Å². The average Bonchev–Trinajstić information content (AvgIpc) is 3.09. The molecule has 0 heterocycles. The fourth-order valence-electron chi connectivity index (χ4n) is 1.86. The Hall–Kier alpha value is -0.930. The summed E-state index contributed by atoms with van der Waals surface area (Å²) in [5.74, 6) is -0.153. The number of benzene rings is 1. The first-order valence-corrected chi connectivity index (χ1v) is 6.33. The van der Waals surface area contributed by atoms with E-state index in [1.54, 1.807) is 12.1 Å². The maximum Gasteiger partial charge on any atom is 0.123 e. The van der Waals surface area contributed by atoms with E-state index in [9.17, 15) is 4.39 Å². The number of likely N-dealkylation sites (N-methyl/N-ethyl adjacent to an activating group) is 1. The van der Waals surface area contributed by atoms with Crippen molar-refractivity contribution in [3.63, 3.8) is 0 Å². The van der Waals surface area contributed by atoms with Crippen LogP contribution in [0.4, 0.5) is 4.39 Å². The summed E-state index contributed by atoms with van der Waals surface area (Å²) in [6.45, 7) is 4.01. The van der Waals surface area contributed by atoms with Crippen LogP contribution in [0, 0.1) is 5.82 Å². The molecule has 3 heteroatoms. The molecule has 1 aliphatic rings. The van der Waals surface area contributed by atoms with Crippen molar-refractivity contribution in [1.82, 2.24) is 10.2 Å². The number of nitrogens with one attached hydrogen (secondary N) is 1. The van der Waals surface area contributed by atoms with Crippen LogP contribution in [0.5, 0.6) is 0 Å². The van der Waals surface area contributed by atoms with Gasteiger partial charge in [-0.2, -0.15) is 0 Å². The molecule has 17 heavy (non-hydrogen) atoms. The summed E-state index contributed by atoms with van der Waals surface area (Å²) >= 11 is 0. The highest BCUT2D eigenvalue weighted by molar-refractivity contribution is 5.16. The smallest absolute Gasteiger partial charge is 0.123 e. The molecule has 1 aliphatic carbocycles. The van der Waals surface area contributed by atoms with Gasteiger partial charge in [0.2, 0.25) is 0 Å². The van der Waals surface area contributed by atoms with Crippen molar-refractivity contribution in [2.75, 3.05) is 13.6 Å². The van der Waals surface area contributed by atoms with Gasteiger partial charge in [0, 0.05) is 25.2 Å². The highest BCUT2D eigenvalue weighted by atomic mass is 19.1. The Balaban J connectivity index is 1.80. The lowest BCUT2D eigenvalue weighted by Crippen LogP contribution is -2.38. The van der Waals surface area contributed by atoms with Gasteiger partial charge < -0.3 is 5.32 Å². The lowest BCUT2D eigenvalue weighted by Gasteiger charge is -2.25. The molecule has 0 bridgehead atoms. The molecule has 94 valence electrons. The number of rotatable bonds is 6. The zero-order valence-electron chi connectivity index (χ0n) is 10.6. The summed E-state index contributed by atoms with van der Waals surface area (Å²) in [5.41, 5.74) is 1.03. The van der Waals surface area contributed by atoms with E-state index in [-0.39, 0.29) is 5.82 Å². The summed E-state index contributed by atoms with van der Waals surface area (Å²) in [6, 6.07) is 8.06. The first kappa shape index (κ1) is 12.5. The third-order valence-corrected chi connectivity index (χ3v) is 3.35. The van der Waals surface area contributed by atoms with Gasteiger partial charge in [0.05, 0.1) is 0 Å². The quantitative estimate of drug-likeness (QED) is 0.816. The predicted molar refractivity (Wildman–Crippen MR) is 68.4 cm³/mol. The molecule has 0 aliphatic heterocycles.